The van der Waals surface area contributed by atoms with Crippen LogP contribution in [0.4, 0.5) is 0 Å². The first-order valence-electron chi connectivity index (χ1n) is 5.12. The first-order valence-corrected chi connectivity index (χ1v) is 5.12. The third-order valence-corrected chi connectivity index (χ3v) is 3.15. The van der Waals surface area contributed by atoms with Gasteiger partial charge in [0.25, 0.3) is 0 Å². The fourth-order valence-corrected chi connectivity index (χ4v) is 2.43. The van der Waals surface area contributed by atoms with Gasteiger partial charge in [0.2, 0.25) is 0 Å². The van der Waals surface area contributed by atoms with Gasteiger partial charge in [-0.3, -0.25) is 0 Å². The number of hydrogen-bond donors (Lipinski definition) is 1. The Morgan fingerprint density at radius 3 is 2.71 bits per heavy atom. The van der Waals surface area contributed by atoms with Crippen molar-refractivity contribution in [3.05, 3.63) is 47.5 Å². The molecule has 14 heavy (non-hydrogen) atoms. The van der Waals surface area contributed by atoms with E-state index in [4.69, 9.17) is 5.73 Å². The van der Waals surface area contributed by atoms with Crippen LogP contribution in [0.3, 0.4) is 0 Å². The molecule has 0 radical (unpaired) electrons. The molecule has 0 saturated carbocycles. The summed E-state index contributed by atoms with van der Waals surface area (Å²) in [6.45, 7) is 0. The average Bonchev–Trinajstić information content (AvgIpc) is 2.24. The van der Waals surface area contributed by atoms with Crippen LogP contribution < -0.4 is 5.73 Å². The van der Waals surface area contributed by atoms with Crippen molar-refractivity contribution in [1.29, 1.82) is 0 Å². The minimum atomic E-state index is 0.230. The van der Waals surface area contributed by atoms with E-state index in [9.17, 15) is 0 Å². The third kappa shape index (κ3) is 0.992. The van der Waals surface area contributed by atoms with Crippen molar-refractivity contribution in [2.45, 2.75) is 18.9 Å². The number of nitrogens with two attached hydrogens (primary N) is 1. The normalized spacial score (nSPS) is 19.9. The predicted molar refractivity (Wildman–Crippen MR) is 59.2 cm³/mol. The lowest BCUT2D eigenvalue weighted by Gasteiger charge is -2.22. The van der Waals surface area contributed by atoms with Crippen LogP contribution in [0.15, 0.2) is 36.4 Å². The van der Waals surface area contributed by atoms with Gasteiger partial charge in [0.15, 0.2) is 0 Å². The minimum Gasteiger partial charge on any atom is -0.324 e. The van der Waals surface area contributed by atoms with E-state index in [0.717, 1.165) is 12.8 Å². The van der Waals surface area contributed by atoms with Crippen molar-refractivity contribution in [1.82, 2.24) is 0 Å². The van der Waals surface area contributed by atoms with Gasteiger partial charge in [-0.1, -0.05) is 36.4 Å². The largest absolute Gasteiger partial charge is 0.324 e. The highest BCUT2D eigenvalue weighted by molar-refractivity contribution is 5.90. The van der Waals surface area contributed by atoms with Gasteiger partial charge in [0, 0.05) is 6.04 Å². The molecule has 1 aliphatic carbocycles. The number of benzene rings is 2. The van der Waals surface area contributed by atoms with Crippen LogP contribution in [-0.2, 0) is 6.42 Å². The summed E-state index contributed by atoms with van der Waals surface area (Å²) in [4.78, 5) is 0. The third-order valence-electron chi connectivity index (χ3n) is 3.15. The lowest BCUT2D eigenvalue weighted by atomic mass is 9.86. The van der Waals surface area contributed by atoms with Crippen LogP contribution in [0.25, 0.3) is 10.8 Å². The maximum Gasteiger partial charge on any atom is 0.0304 e. The molecule has 1 heteroatoms. The van der Waals surface area contributed by atoms with Gasteiger partial charge in [-0.25, -0.2) is 0 Å². The number of rotatable bonds is 0. The van der Waals surface area contributed by atoms with Crippen LogP contribution in [0.1, 0.15) is 23.6 Å². The zero-order chi connectivity index (χ0) is 9.54. The Balaban J connectivity index is 2.46. The molecule has 0 aliphatic heterocycles. The van der Waals surface area contributed by atoms with E-state index in [1.54, 1.807) is 0 Å². The van der Waals surface area contributed by atoms with Crippen molar-refractivity contribution < 1.29 is 0 Å². The van der Waals surface area contributed by atoms with Crippen LogP contribution in [0, 0.1) is 0 Å². The Morgan fingerprint density at radius 2 is 1.86 bits per heavy atom. The topological polar surface area (TPSA) is 26.0 Å². The molecule has 0 bridgehead atoms. The highest BCUT2D eigenvalue weighted by Gasteiger charge is 2.17. The molecule has 1 atom stereocenters. The van der Waals surface area contributed by atoms with E-state index < -0.39 is 0 Å². The first kappa shape index (κ1) is 8.01. The number of aryl methyl sites for hydroxylation is 1. The van der Waals surface area contributed by atoms with Gasteiger partial charge in [-0.2, -0.15) is 0 Å². The number of hydrogen-bond acceptors (Lipinski definition) is 1. The molecular weight excluding hydrogens is 170 g/mol. The molecule has 0 amide bonds. The van der Waals surface area contributed by atoms with Gasteiger partial charge in [-0.05, 0) is 34.7 Å². The summed E-state index contributed by atoms with van der Waals surface area (Å²) in [6, 6.07) is 13.2. The molecule has 1 nitrogen and oxygen atoms in total. The fraction of sp³-hybridized carbons (Fsp3) is 0.231. The van der Waals surface area contributed by atoms with Gasteiger partial charge in [0.1, 0.15) is 0 Å². The Hall–Kier alpha value is -1.34. The van der Waals surface area contributed by atoms with Crippen molar-refractivity contribution in [3.63, 3.8) is 0 Å². The van der Waals surface area contributed by atoms with Gasteiger partial charge >= 0.3 is 0 Å². The quantitative estimate of drug-likeness (QED) is 0.667. The molecule has 2 aromatic carbocycles. The minimum absolute atomic E-state index is 0.230. The van der Waals surface area contributed by atoms with Crippen molar-refractivity contribution >= 4 is 10.8 Å². The van der Waals surface area contributed by atoms with E-state index in [-0.39, 0.29) is 6.04 Å². The van der Waals surface area contributed by atoms with Gasteiger partial charge < -0.3 is 5.73 Å². The summed E-state index contributed by atoms with van der Waals surface area (Å²) in [7, 11) is 0. The maximum atomic E-state index is 6.10. The van der Waals surface area contributed by atoms with E-state index >= 15 is 0 Å². The van der Waals surface area contributed by atoms with Crippen LogP contribution in [0.2, 0.25) is 0 Å². The lowest BCUT2D eigenvalue weighted by molar-refractivity contribution is 0.643. The molecule has 0 fully saturated rings. The molecule has 0 heterocycles. The van der Waals surface area contributed by atoms with Crippen molar-refractivity contribution in [2.75, 3.05) is 0 Å². The summed E-state index contributed by atoms with van der Waals surface area (Å²) in [5, 5.41) is 2.73. The predicted octanol–water partition coefficient (Wildman–Crippen LogP) is 2.79. The average molecular weight is 183 g/mol. The Kier molecular flexibility index (Phi) is 1.62. The lowest BCUT2D eigenvalue weighted by Crippen LogP contribution is -2.16. The molecule has 70 valence electrons. The maximum absolute atomic E-state index is 6.10. The summed E-state index contributed by atoms with van der Waals surface area (Å²) < 4.78 is 0. The molecule has 1 unspecified atom stereocenters. The fourth-order valence-electron chi connectivity index (χ4n) is 2.43. The SMILES string of the molecule is NC1CCc2cccc3cccc1c23. The standard InChI is InChI=1S/C13H13N/c14-12-8-7-10-4-1-3-9-5-2-6-11(12)13(9)10/h1-6,12H,7-8,14H2. The molecule has 0 aromatic heterocycles. The Labute approximate surface area is 83.5 Å². The zero-order valence-corrected chi connectivity index (χ0v) is 8.03. The molecule has 0 spiro atoms. The van der Waals surface area contributed by atoms with Crippen LogP contribution in [-0.4, -0.2) is 0 Å². The van der Waals surface area contributed by atoms with E-state index in [1.165, 1.54) is 21.9 Å². The molecule has 2 N–H and O–H groups in total. The first-order chi connectivity index (χ1) is 6.86. The van der Waals surface area contributed by atoms with Crippen molar-refractivity contribution in [3.8, 4) is 0 Å². The molecule has 3 rings (SSSR count). The Bertz CT molecular complexity index is 482. The monoisotopic (exact) mass is 183 g/mol. The van der Waals surface area contributed by atoms with Crippen LogP contribution in [0.5, 0.6) is 0 Å². The molecular formula is C13H13N. The highest BCUT2D eigenvalue weighted by atomic mass is 14.6. The van der Waals surface area contributed by atoms with E-state index in [1.807, 2.05) is 0 Å². The van der Waals surface area contributed by atoms with Crippen molar-refractivity contribution in [2.24, 2.45) is 5.73 Å². The zero-order valence-electron chi connectivity index (χ0n) is 8.03. The molecule has 0 saturated heterocycles. The van der Waals surface area contributed by atoms with E-state index in [2.05, 4.69) is 36.4 Å². The van der Waals surface area contributed by atoms with E-state index in [0.29, 0.717) is 0 Å². The second kappa shape index (κ2) is 2.82. The summed E-state index contributed by atoms with van der Waals surface area (Å²) in [5.41, 5.74) is 8.89. The highest BCUT2D eigenvalue weighted by Crippen LogP contribution is 2.33. The van der Waals surface area contributed by atoms with Gasteiger partial charge in [-0.15, -0.1) is 0 Å². The smallest absolute Gasteiger partial charge is 0.0304 e. The second-order valence-corrected chi connectivity index (χ2v) is 4.01. The Morgan fingerprint density at radius 1 is 1.07 bits per heavy atom. The second-order valence-electron chi connectivity index (χ2n) is 4.01. The summed E-state index contributed by atoms with van der Waals surface area (Å²) in [5.74, 6) is 0. The van der Waals surface area contributed by atoms with Crippen LogP contribution >= 0.6 is 0 Å². The summed E-state index contributed by atoms with van der Waals surface area (Å²) in [6.07, 6.45) is 2.20. The summed E-state index contributed by atoms with van der Waals surface area (Å²) >= 11 is 0. The molecule has 1 aliphatic rings. The molecule has 2 aromatic rings. The van der Waals surface area contributed by atoms with Gasteiger partial charge in [0.05, 0.1) is 0 Å².